The van der Waals surface area contributed by atoms with Crippen molar-refractivity contribution in [1.29, 1.82) is 0 Å². The van der Waals surface area contributed by atoms with E-state index >= 15 is 0 Å². The fourth-order valence-electron chi connectivity index (χ4n) is 3.23. The van der Waals surface area contributed by atoms with Crippen molar-refractivity contribution >= 4 is 5.91 Å². The molecule has 1 aliphatic heterocycles. The van der Waals surface area contributed by atoms with Gasteiger partial charge in [0.15, 0.2) is 0 Å². The van der Waals surface area contributed by atoms with Crippen LogP contribution in [0.25, 0.3) is 11.3 Å². The second-order valence-electron chi connectivity index (χ2n) is 5.94. The highest BCUT2D eigenvalue weighted by Crippen LogP contribution is 2.32. The molecule has 1 fully saturated rings. The van der Waals surface area contributed by atoms with Crippen molar-refractivity contribution in [1.82, 2.24) is 20.1 Å². The molecular weight excluding hydrogens is 300 g/mol. The highest BCUT2D eigenvalue weighted by atomic mass is 16.2. The van der Waals surface area contributed by atoms with Crippen LogP contribution in [0, 0.1) is 0 Å². The van der Waals surface area contributed by atoms with Gasteiger partial charge in [-0.05, 0) is 31.0 Å². The lowest BCUT2D eigenvalue weighted by atomic mass is 10.1. The number of hydrogen-bond acceptors (Lipinski definition) is 3. The van der Waals surface area contributed by atoms with Gasteiger partial charge in [0, 0.05) is 18.3 Å². The summed E-state index contributed by atoms with van der Waals surface area (Å²) in [6.07, 6.45) is 3.72. The van der Waals surface area contributed by atoms with Crippen LogP contribution in [0.3, 0.4) is 0 Å². The van der Waals surface area contributed by atoms with E-state index in [0.29, 0.717) is 5.69 Å². The molecule has 0 saturated carbocycles. The second kappa shape index (κ2) is 6.28. The van der Waals surface area contributed by atoms with Crippen LogP contribution >= 0.6 is 0 Å². The SMILES string of the molecule is O=C(c1cc(-c2ccccc2)n[nH]1)N1CCC[C@@H]1c1ccccn1. The van der Waals surface area contributed by atoms with E-state index in [1.165, 1.54) is 0 Å². The number of H-pyrrole nitrogens is 1. The predicted octanol–water partition coefficient (Wildman–Crippen LogP) is 3.45. The lowest BCUT2D eigenvalue weighted by molar-refractivity contribution is 0.0727. The first kappa shape index (κ1) is 14.6. The van der Waals surface area contributed by atoms with Gasteiger partial charge < -0.3 is 4.90 Å². The molecule has 5 nitrogen and oxygen atoms in total. The first-order valence-electron chi connectivity index (χ1n) is 8.15. The summed E-state index contributed by atoms with van der Waals surface area (Å²) < 4.78 is 0. The number of likely N-dealkylation sites (tertiary alicyclic amines) is 1. The van der Waals surface area contributed by atoms with E-state index < -0.39 is 0 Å². The zero-order chi connectivity index (χ0) is 16.4. The van der Waals surface area contributed by atoms with Crippen LogP contribution in [0.15, 0.2) is 60.8 Å². The third kappa shape index (κ3) is 2.69. The molecule has 120 valence electrons. The number of rotatable bonds is 3. The average molecular weight is 318 g/mol. The Balaban J connectivity index is 1.58. The third-order valence-corrected chi connectivity index (χ3v) is 4.42. The first-order valence-corrected chi connectivity index (χ1v) is 8.15. The highest BCUT2D eigenvalue weighted by molar-refractivity contribution is 5.93. The van der Waals surface area contributed by atoms with Crippen LogP contribution in [0.1, 0.15) is 35.1 Å². The minimum Gasteiger partial charge on any atom is -0.329 e. The lowest BCUT2D eigenvalue weighted by Gasteiger charge is -2.23. The molecule has 0 unspecified atom stereocenters. The summed E-state index contributed by atoms with van der Waals surface area (Å²) in [4.78, 5) is 19.2. The Labute approximate surface area is 140 Å². The standard InChI is InChI=1S/C19H18N4O/c24-19(17-13-16(21-22-17)14-7-2-1-3-8-14)23-12-6-10-18(23)15-9-4-5-11-20-15/h1-5,7-9,11,13,18H,6,10,12H2,(H,21,22)/t18-/m1/s1. The van der Waals surface area contributed by atoms with Crippen molar-refractivity contribution in [2.75, 3.05) is 6.54 Å². The number of hydrogen-bond donors (Lipinski definition) is 1. The first-order chi connectivity index (χ1) is 11.8. The minimum atomic E-state index is -0.0159. The maximum atomic E-state index is 12.9. The summed E-state index contributed by atoms with van der Waals surface area (Å²) in [5.41, 5.74) is 3.26. The van der Waals surface area contributed by atoms with E-state index in [2.05, 4.69) is 15.2 Å². The molecule has 1 aliphatic rings. The maximum Gasteiger partial charge on any atom is 0.272 e. The molecule has 3 heterocycles. The molecule has 0 bridgehead atoms. The van der Waals surface area contributed by atoms with Crippen LogP contribution in [0.5, 0.6) is 0 Å². The number of aromatic nitrogens is 3. The van der Waals surface area contributed by atoms with Gasteiger partial charge in [0.1, 0.15) is 5.69 Å². The van der Waals surface area contributed by atoms with Gasteiger partial charge in [-0.1, -0.05) is 36.4 Å². The maximum absolute atomic E-state index is 12.9. The molecular formula is C19H18N4O. The average Bonchev–Trinajstić information content (AvgIpc) is 3.32. The summed E-state index contributed by atoms with van der Waals surface area (Å²) in [7, 11) is 0. The number of pyridine rings is 1. The number of carbonyl (C=O) groups excluding carboxylic acids is 1. The Hall–Kier alpha value is -2.95. The summed E-state index contributed by atoms with van der Waals surface area (Å²) in [6.45, 7) is 0.750. The second-order valence-corrected chi connectivity index (χ2v) is 5.94. The number of amides is 1. The molecule has 4 rings (SSSR count). The summed E-state index contributed by atoms with van der Waals surface area (Å²) >= 11 is 0. The van der Waals surface area contributed by atoms with Crippen molar-refractivity contribution in [3.05, 3.63) is 72.2 Å². The zero-order valence-corrected chi connectivity index (χ0v) is 13.2. The van der Waals surface area contributed by atoms with Gasteiger partial charge in [0.2, 0.25) is 0 Å². The molecule has 1 N–H and O–H groups in total. The fourth-order valence-corrected chi connectivity index (χ4v) is 3.23. The monoisotopic (exact) mass is 318 g/mol. The molecule has 0 spiro atoms. The van der Waals surface area contributed by atoms with Crippen LogP contribution in [0.2, 0.25) is 0 Å². The van der Waals surface area contributed by atoms with E-state index in [4.69, 9.17) is 0 Å². The predicted molar refractivity (Wildman–Crippen MR) is 91.3 cm³/mol. The Bertz CT molecular complexity index is 829. The van der Waals surface area contributed by atoms with Gasteiger partial charge in [-0.3, -0.25) is 14.9 Å². The van der Waals surface area contributed by atoms with Crippen molar-refractivity contribution < 1.29 is 4.79 Å². The summed E-state index contributed by atoms with van der Waals surface area (Å²) in [5, 5.41) is 7.18. The van der Waals surface area contributed by atoms with Crippen molar-refractivity contribution in [3.63, 3.8) is 0 Å². The van der Waals surface area contributed by atoms with Crippen LogP contribution in [-0.4, -0.2) is 32.5 Å². The Morgan fingerprint density at radius 3 is 2.75 bits per heavy atom. The molecule has 1 saturated heterocycles. The van der Waals surface area contributed by atoms with Gasteiger partial charge in [-0.2, -0.15) is 5.10 Å². The number of aromatic amines is 1. The topological polar surface area (TPSA) is 61.9 Å². The van der Waals surface area contributed by atoms with E-state index in [0.717, 1.165) is 36.3 Å². The molecule has 3 aromatic rings. The number of carbonyl (C=O) groups is 1. The van der Waals surface area contributed by atoms with E-state index in [1.54, 1.807) is 6.20 Å². The third-order valence-electron chi connectivity index (χ3n) is 4.42. The van der Waals surface area contributed by atoms with Gasteiger partial charge in [0.05, 0.1) is 17.4 Å². The highest BCUT2D eigenvalue weighted by Gasteiger charge is 2.32. The number of benzene rings is 1. The van der Waals surface area contributed by atoms with E-state index in [-0.39, 0.29) is 11.9 Å². The van der Waals surface area contributed by atoms with Crippen molar-refractivity contribution in [2.45, 2.75) is 18.9 Å². The Kier molecular flexibility index (Phi) is 3.83. The van der Waals surface area contributed by atoms with Crippen LogP contribution < -0.4 is 0 Å². The Morgan fingerprint density at radius 2 is 1.96 bits per heavy atom. The normalized spacial score (nSPS) is 17.2. The number of nitrogens with one attached hydrogen (secondary N) is 1. The summed E-state index contributed by atoms with van der Waals surface area (Å²) in [5.74, 6) is -0.0159. The van der Waals surface area contributed by atoms with Gasteiger partial charge in [-0.15, -0.1) is 0 Å². The van der Waals surface area contributed by atoms with E-state index in [1.807, 2.05) is 59.5 Å². The van der Waals surface area contributed by atoms with Crippen LogP contribution in [0.4, 0.5) is 0 Å². The molecule has 24 heavy (non-hydrogen) atoms. The van der Waals surface area contributed by atoms with Gasteiger partial charge in [-0.25, -0.2) is 0 Å². The fraction of sp³-hybridized carbons (Fsp3) is 0.211. The zero-order valence-electron chi connectivity index (χ0n) is 13.2. The molecule has 1 aromatic carbocycles. The number of nitrogens with zero attached hydrogens (tertiary/aromatic N) is 3. The molecule has 1 atom stereocenters. The molecule has 0 radical (unpaired) electrons. The minimum absolute atomic E-state index is 0.0159. The van der Waals surface area contributed by atoms with Gasteiger partial charge in [0.25, 0.3) is 5.91 Å². The quantitative estimate of drug-likeness (QED) is 0.804. The Morgan fingerprint density at radius 1 is 1.12 bits per heavy atom. The molecule has 1 amide bonds. The van der Waals surface area contributed by atoms with Crippen LogP contribution in [-0.2, 0) is 0 Å². The molecule has 2 aromatic heterocycles. The van der Waals surface area contributed by atoms with Crippen molar-refractivity contribution in [2.24, 2.45) is 0 Å². The smallest absolute Gasteiger partial charge is 0.272 e. The lowest BCUT2D eigenvalue weighted by Crippen LogP contribution is -2.31. The van der Waals surface area contributed by atoms with Crippen molar-refractivity contribution in [3.8, 4) is 11.3 Å². The molecule has 5 heteroatoms. The summed E-state index contributed by atoms with van der Waals surface area (Å²) in [6, 6.07) is 17.6. The molecule has 0 aliphatic carbocycles. The van der Waals surface area contributed by atoms with Gasteiger partial charge >= 0.3 is 0 Å². The van der Waals surface area contributed by atoms with E-state index in [9.17, 15) is 4.79 Å². The largest absolute Gasteiger partial charge is 0.329 e.